The Morgan fingerprint density at radius 1 is 1.00 bits per heavy atom. The minimum atomic E-state index is -4.26. The van der Waals surface area contributed by atoms with E-state index in [1.807, 2.05) is 0 Å². The van der Waals surface area contributed by atoms with Crippen LogP contribution in [0.5, 0.6) is 0 Å². The summed E-state index contributed by atoms with van der Waals surface area (Å²) in [6.07, 6.45) is 0. The predicted octanol–water partition coefficient (Wildman–Crippen LogP) is -1.96. The van der Waals surface area contributed by atoms with Crippen LogP contribution in [-0.4, -0.2) is 92.0 Å². The predicted molar refractivity (Wildman–Crippen MR) is 57.5 cm³/mol. The molecule has 0 fully saturated rings. The Morgan fingerprint density at radius 3 is 1.40 bits per heavy atom. The van der Waals surface area contributed by atoms with E-state index in [0.717, 1.165) is 0 Å². The quantitative estimate of drug-likeness (QED) is 0.441. The van der Waals surface area contributed by atoms with Gasteiger partial charge >= 0.3 is 29.6 Å². The molecular formula is C5H14NNaO6S2. The van der Waals surface area contributed by atoms with Crippen LogP contribution in [0.25, 0.3) is 0 Å². The fraction of sp³-hybridized carbons (Fsp3) is 1.00. The van der Waals surface area contributed by atoms with E-state index < -0.39 is 37.8 Å². The Kier molecular flexibility index (Phi) is 7.87. The van der Waals surface area contributed by atoms with Crippen molar-refractivity contribution < 1.29 is 25.9 Å². The van der Waals surface area contributed by atoms with E-state index in [2.05, 4.69) is 0 Å². The molecule has 88 valence electrons. The van der Waals surface area contributed by atoms with Gasteiger partial charge < -0.3 is 4.90 Å². The fourth-order valence-electron chi connectivity index (χ4n) is 0.832. The first-order valence-corrected chi connectivity index (χ1v) is 6.80. The summed E-state index contributed by atoms with van der Waals surface area (Å²) in [6.45, 7) is 0. The van der Waals surface area contributed by atoms with Gasteiger partial charge in [0.15, 0.2) is 0 Å². The van der Waals surface area contributed by atoms with Crippen molar-refractivity contribution in [3.05, 3.63) is 0 Å². The third-order valence-electron chi connectivity index (χ3n) is 1.54. The first-order valence-electron chi connectivity index (χ1n) is 3.58. The maximum absolute atomic E-state index is 10.5. The molecule has 0 amide bonds. The first kappa shape index (κ1) is 18.2. The maximum atomic E-state index is 10.5. The van der Waals surface area contributed by atoms with Crippen LogP contribution in [0.15, 0.2) is 0 Å². The topological polar surface area (TPSA) is 112 Å². The van der Waals surface area contributed by atoms with Gasteiger partial charge in [-0.15, -0.1) is 0 Å². The second kappa shape index (κ2) is 6.50. The molecule has 0 radical (unpaired) electrons. The van der Waals surface area contributed by atoms with Crippen molar-refractivity contribution in [3.8, 4) is 0 Å². The summed E-state index contributed by atoms with van der Waals surface area (Å²) in [5.74, 6) is -1.47. The Morgan fingerprint density at radius 2 is 1.27 bits per heavy atom. The molecular weight excluding hydrogens is 257 g/mol. The minimum absolute atomic E-state index is 0. The third-order valence-corrected chi connectivity index (χ3v) is 3.15. The zero-order valence-electron chi connectivity index (χ0n) is 7.78. The summed E-state index contributed by atoms with van der Waals surface area (Å²) < 4.78 is 58.9. The Hall–Kier alpha value is 0.780. The van der Waals surface area contributed by atoms with Gasteiger partial charge in [0.25, 0.3) is 20.2 Å². The van der Waals surface area contributed by atoms with Crippen molar-refractivity contribution in [3.63, 3.8) is 0 Å². The zero-order valence-corrected chi connectivity index (χ0v) is 9.42. The van der Waals surface area contributed by atoms with Gasteiger partial charge in [-0.05, 0) is 14.1 Å². The van der Waals surface area contributed by atoms with Gasteiger partial charge in [-0.2, -0.15) is 16.8 Å². The molecule has 2 N–H and O–H groups in total. The second-order valence-corrected chi connectivity index (χ2v) is 6.11. The van der Waals surface area contributed by atoms with Crippen molar-refractivity contribution in [2.75, 3.05) is 25.6 Å². The summed E-state index contributed by atoms with van der Waals surface area (Å²) in [7, 11) is -5.62. The molecule has 0 bridgehead atoms. The van der Waals surface area contributed by atoms with Crippen molar-refractivity contribution in [2.24, 2.45) is 0 Å². The average molecular weight is 271 g/mol. The summed E-state index contributed by atoms with van der Waals surface area (Å²) in [5, 5.41) is 0. The van der Waals surface area contributed by atoms with Crippen LogP contribution in [0.1, 0.15) is 0 Å². The monoisotopic (exact) mass is 271 g/mol. The molecule has 15 heavy (non-hydrogen) atoms. The van der Waals surface area contributed by atoms with Crippen LogP contribution in [0.2, 0.25) is 0 Å². The zero-order chi connectivity index (χ0) is 11.6. The van der Waals surface area contributed by atoms with E-state index in [1.54, 1.807) is 0 Å². The van der Waals surface area contributed by atoms with E-state index in [0.29, 0.717) is 0 Å². The Balaban J connectivity index is 0. The summed E-state index contributed by atoms with van der Waals surface area (Å²) in [4.78, 5) is 1.29. The Bertz CT molecular complexity index is 340. The molecule has 0 heterocycles. The molecule has 0 aromatic carbocycles. The van der Waals surface area contributed by atoms with Crippen LogP contribution in [-0.2, 0) is 20.2 Å². The van der Waals surface area contributed by atoms with Gasteiger partial charge in [0.1, 0.15) is 0 Å². The molecule has 0 aliphatic heterocycles. The van der Waals surface area contributed by atoms with Gasteiger partial charge in [0.2, 0.25) is 0 Å². The molecule has 0 unspecified atom stereocenters. The molecule has 0 saturated carbocycles. The van der Waals surface area contributed by atoms with E-state index in [9.17, 15) is 16.8 Å². The van der Waals surface area contributed by atoms with Crippen molar-refractivity contribution in [1.29, 1.82) is 0 Å². The van der Waals surface area contributed by atoms with E-state index in [-0.39, 0.29) is 29.6 Å². The molecule has 0 aromatic heterocycles. The van der Waals surface area contributed by atoms with Gasteiger partial charge in [-0.25, -0.2) is 0 Å². The van der Waals surface area contributed by atoms with Crippen LogP contribution >= 0.6 is 0 Å². The summed E-state index contributed by atoms with van der Waals surface area (Å²) in [6, 6.07) is -0.972. The summed E-state index contributed by atoms with van der Waals surface area (Å²) >= 11 is 0. The standard InChI is InChI=1S/C5H13NO6S2.Na.H/c1-6(2)5(3-13(7,8)9)4-14(10,11)12;;/h5H,3-4H2,1-2H3,(H,7,8,9)(H,10,11,12);;. The van der Waals surface area contributed by atoms with Crippen molar-refractivity contribution in [2.45, 2.75) is 6.04 Å². The molecule has 0 aliphatic rings. The van der Waals surface area contributed by atoms with Gasteiger partial charge in [0, 0.05) is 6.04 Å². The van der Waals surface area contributed by atoms with Crippen molar-refractivity contribution in [1.82, 2.24) is 4.90 Å². The average Bonchev–Trinajstić information content (AvgIpc) is 1.78. The van der Waals surface area contributed by atoms with E-state index in [4.69, 9.17) is 9.11 Å². The SMILES string of the molecule is CN(C)C(CS(=O)(=O)O)CS(=O)(=O)O.[NaH]. The summed E-state index contributed by atoms with van der Waals surface area (Å²) in [5.41, 5.74) is 0. The molecule has 0 atom stereocenters. The number of hydrogen-bond donors (Lipinski definition) is 2. The molecule has 0 rings (SSSR count). The molecule has 0 aliphatic carbocycles. The molecule has 0 saturated heterocycles. The van der Waals surface area contributed by atoms with Crippen LogP contribution in [0.4, 0.5) is 0 Å². The Labute approximate surface area is 112 Å². The van der Waals surface area contributed by atoms with Gasteiger partial charge in [0.05, 0.1) is 11.5 Å². The molecule has 7 nitrogen and oxygen atoms in total. The fourth-order valence-corrected chi connectivity index (χ4v) is 2.79. The van der Waals surface area contributed by atoms with Crippen molar-refractivity contribution >= 4 is 49.8 Å². The van der Waals surface area contributed by atoms with Gasteiger partial charge in [-0.3, -0.25) is 9.11 Å². The normalized spacial score (nSPS) is 12.9. The van der Waals surface area contributed by atoms with Crippen LogP contribution < -0.4 is 0 Å². The number of hydrogen-bond acceptors (Lipinski definition) is 5. The second-order valence-electron chi connectivity index (χ2n) is 3.11. The first-order chi connectivity index (χ1) is 6.01. The number of rotatable bonds is 5. The van der Waals surface area contributed by atoms with Crippen LogP contribution in [0, 0.1) is 0 Å². The molecule has 0 aromatic rings. The van der Waals surface area contributed by atoms with E-state index >= 15 is 0 Å². The van der Waals surface area contributed by atoms with Gasteiger partial charge in [-0.1, -0.05) is 0 Å². The third kappa shape index (κ3) is 11.1. The number of nitrogens with zero attached hydrogens (tertiary/aromatic N) is 1. The van der Waals surface area contributed by atoms with Crippen LogP contribution in [0.3, 0.4) is 0 Å². The van der Waals surface area contributed by atoms with E-state index in [1.165, 1.54) is 19.0 Å². The molecule has 0 spiro atoms. The molecule has 10 heteroatoms.